The van der Waals surface area contributed by atoms with Gasteiger partial charge in [-0.1, -0.05) is 0 Å². The summed E-state index contributed by atoms with van der Waals surface area (Å²) < 4.78 is 154. The molecule has 4 aromatic rings. The highest BCUT2D eigenvalue weighted by molar-refractivity contribution is 7.80. The lowest BCUT2D eigenvalue weighted by molar-refractivity contribution is -0.385. The topological polar surface area (TPSA) is 209 Å². The summed E-state index contributed by atoms with van der Waals surface area (Å²) in [5.41, 5.74) is -10.2. The minimum atomic E-state index is -5.15. The maximum absolute atomic E-state index is 12.9. The predicted octanol–water partition coefficient (Wildman–Crippen LogP) is 8.93. The summed E-state index contributed by atoms with van der Waals surface area (Å²) in [5, 5.41) is 47.7. The lowest BCUT2D eigenvalue weighted by Crippen LogP contribution is -2.34. The molecule has 4 rings (SSSR count). The van der Waals surface area contributed by atoms with Crippen LogP contribution >= 0.6 is 24.4 Å². The van der Waals surface area contributed by atoms with Crippen LogP contribution in [0.4, 0.5) is 75.4 Å². The second-order valence-corrected chi connectivity index (χ2v) is 12.1. The van der Waals surface area contributed by atoms with Gasteiger partial charge >= 0.3 is 24.7 Å². The number of carbonyl (C=O) groups is 2. The second-order valence-electron chi connectivity index (χ2n) is 11.3. The molecule has 0 unspecified atom stereocenters. The summed E-state index contributed by atoms with van der Waals surface area (Å²) in [4.78, 5) is 44.0. The van der Waals surface area contributed by atoms with E-state index in [1.165, 1.54) is 0 Å². The van der Waals surface area contributed by atoms with Crippen LogP contribution in [0.5, 0.6) is 11.5 Å². The van der Waals surface area contributed by atoms with E-state index in [0.29, 0.717) is 0 Å². The molecule has 0 saturated carbocycles. The third kappa shape index (κ3) is 13.1. The van der Waals surface area contributed by atoms with Gasteiger partial charge in [-0.05, 0) is 73.0 Å². The lowest BCUT2D eigenvalue weighted by Gasteiger charge is -2.15. The van der Waals surface area contributed by atoms with E-state index < -0.39 is 113 Å². The minimum absolute atomic E-state index is 0.137. The number of alkyl halides is 12. The number of carbonyl (C=O) groups excluding carboxylic acids is 2. The number of phenolic OH excluding ortho intramolecular Hbond substituents is 2. The van der Waals surface area contributed by atoms with E-state index in [1.54, 1.807) is 0 Å². The first-order valence-corrected chi connectivity index (χ1v) is 16.0. The number of phenols is 2. The van der Waals surface area contributed by atoms with Crippen LogP contribution in [0.1, 0.15) is 43.0 Å². The molecule has 0 bridgehead atoms. The molecule has 0 aliphatic heterocycles. The molecule has 6 N–H and O–H groups in total. The van der Waals surface area contributed by atoms with E-state index in [9.17, 15) is 92.7 Å². The van der Waals surface area contributed by atoms with Crippen LogP contribution in [-0.4, -0.2) is 42.1 Å². The highest BCUT2D eigenvalue weighted by atomic mass is 32.1. The molecule has 0 aliphatic carbocycles. The van der Waals surface area contributed by atoms with Gasteiger partial charge in [0.1, 0.15) is 11.5 Å². The van der Waals surface area contributed by atoms with E-state index in [0.717, 1.165) is 36.4 Å². The van der Waals surface area contributed by atoms with Gasteiger partial charge in [0.15, 0.2) is 10.2 Å². The van der Waals surface area contributed by atoms with Crippen molar-refractivity contribution in [2.45, 2.75) is 24.7 Å². The Balaban J connectivity index is 0.000000320. The number of thiocarbonyl (C=S) groups is 2. The van der Waals surface area contributed by atoms with E-state index >= 15 is 0 Å². The number of hydrogen-bond acceptors (Lipinski definition) is 10. The van der Waals surface area contributed by atoms with E-state index in [-0.39, 0.29) is 47.8 Å². The number of benzene rings is 4. The molecule has 0 atom stereocenters. The van der Waals surface area contributed by atoms with Crippen LogP contribution < -0.4 is 21.3 Å². The number of rotatable bonds is 6. The highest BCUT2D eigenvalue weighted by Crippen LogP contribution is 2.38. The number of non-ortho nitro benzene ring substituents is 2. The van der Waals surface area contributed by atoms with Crippen molar-refractivity contribution >= 4 is 69.2 Å². The van der Waals surface area contributed by atoms with Crippen molar-refractivity contribution in [3.63, 3.8) is 0 Å². The van der Waals surface area contributed by atoms with Crippen molar-refractivity contribution in [2.75, 3.05) is 10.6 Å². The normalized spacial score (nSPS) is 11.7. The third-order valence-corrected chi connectivity index (χ3v) is 7.44. The third-order valence-electron chi connectivity index (χ3n) is 7.03. The molecule has 2 amide bonds. The van der Waals surface area contributed by atoms with Crippen molar-refractivity contribution in [3.05, 3.63) is 126 Å². The maximum Gasteiger partial charge on any atom is 0.416 e. The van der Waals surface area contributed by atoms with Crippen LogP contribution in [-0.2, 0) is 24.7 Å². The van der Waals surface area contributed by atoms with Gasteiger partial charge in [0.25, 0.3) is 23.2 Å². The number of aromatic hydroxyl groups is 2. The predicted molar refractivity (Wildman–Crippen MR) is 190 cm³/mol. The van der Waals surface area contributed by atoms with Gasteiger partial charge in [-0.2, -0.15) is 52.7 Å². The standard InChI is InChI=1S/2C16H9F6N3O4S/c17-15(18,19)8-3-7(4-9(5-8)16(20,21)22)13(27)24-14(30)23-11-6-10(25(28)29)1-2-12(11)26;17-15(18,19)8-3-7(4-9(5-8)16(20,21)22)13(27)24-14(30)23-11-2-1-10(25(28)29)6-12(11)26/h2*1-6,26H,(H2,23,24,27,30). The van der Waals surface area contributed by atoms with Crippen LogP contribution in [0.2, 0.25) is 0 Å². The Hall–Kier alpha value is -6.84. The summed E-state index contributed by atoms with van der Waals surface area (Å²) >= 11 is 9.46. The van der Waals surface area contributed by atoms with Crippen LogP contribution in [0.3, 0.4) is 0 Å². The Morgan fingerprint density at radius 3 is 1.17 bits per heavy atom. The summed E-state index contributed by atoms with van der Waals surface area (Å²) in [6, 6.07) is 6.08. The summed E-state index contributed by atoms with van der Waals surface area (Å²) in [5.74, 6) is -3.95. The average molecular weight is 907 g/mol. The zero-order valence-corrected chi connectivity index (χ0v) is 30.2. The Morgan fingerprint density at radius 2 is 0.833 bits per heavy atom. The lowest BCUT2D eigenvalue weighted by atomic mass is 10.0. The Kier molecular flexibility index (Phi) is 14.2. The van der Waals surface area contributed by atoms with Gasteiger partial charge < -0.3 is 20.8 Å². The molecule has 4 aromatic carbocycles. The molecule has 14 nitrogen and oxygen atoms in total. The molecule has 0 aromatic heterocycles. The number of halogens is 12. The first-order valence-electron chi connectivity index (χ1n) is 15.1. The molecule has 0 fully saturated rings. The summed E-state index contributed by atoms with van der Waals surface area (Å²) in [7, 11) is 0. The Morgan fingerprint density at radius 1 is 0.500 bits per heavy atom. The highest BCUT2D eigenvalue weighted by Gasteiger charge is 2.39. The van der Waals surface area contributed by atoms with Crippen LogP contribution in [0, 0.1) is 20.2 Å². The SMILES string of the molecule is O=C(NC(=S)Nc1cc([N+](=O)[O-])ccc1O)c1cc(C(F)(F)F)cc(C(F)(F)F)c1.O=C(NC(=S)Nc1ccc([N+](=O)[O-])cc1O)c1cc(C(F)(F)F)cc(C(F)(F)F)c1. The first-order chi connectivity index (χ1) is 27.4. The van der Waals surface area contributed by atoms with Crippen molar-refractivity contribution in [3.8, 4) is 11.5 Å². The van der Waals surface area contributed by atoms with Gasteiger partial charge in [-0.15, -0.1) is 0 Å². The van der Waals surface area contributed by atoms with Gasteiger partial charge in [-0.25, -0.2) is 0 Å². The fourth-order valence-corrected chi connectivity index (χ4v) is 4.71. The van der Waals surface area contributed by atoms with E-state index in [4.69, 9.17) is 24.4 Å². The number of nitrogens with one attached hydrogen (secondary N) is 4. The van der Waals surface area contributed by atoms with E-state index in [2.05, 4.69) is 10.6 Å². The minimum Gasteiger partial charge on any atom is -0.506 e. The monoisotopic (exact) mass is 906 g/mol. The first kappa shape index (κ1) is 47.5. The number of anilines is 2. The summed E-state index contributed by atoms with van der Waals surface area (Å²) in [6.07, 6.45) is -20.6. The summed E-state index contributed by atoms with van der Waals surface area (Å²) in [6.45, 7) is 0. The van der Waals surface area contributed by atoms with Crippen molar-refractivity contribution in [1.82, 2.24) is 10.6 Å². The molecule has 28 heteroatoms. The number of nitro groups is 2. The fraction of sp³-hybridized carbons (Fsp3) is 0.125. The Labute approximate surface area is 335 Å². The molecule has 0 saturated heterocycles. The molecular formula is C32H18F12N6O8S2. The molecule has 60 heavy (non-hydrogen) atoms. The van der Waals surface area contributed by atoms with Crippen molar-refractivity contribution < 1.29 is 82.3 Å². The van der Waals surface area contributed by atoms with Crippen LogP contribution in [0.15, 0.2) is 72.8 Å². The molecule has 0 spiro atoms. The largest absolute Gasteiger partial charge is 0.506 e. The molecule has 320 valence electrons. The number of nitrogens with zero attached hydrogens (tertiary/aromatic N) is 2. The fourth-order valence-electron chi connectivity index (χ4n) is 4.31. The molecule has 0 radical (unpaired) electrons. The molecule has 0 heterocycles. The van der Waals surface area contributed by atoms with Gasteiger partial charge in [-0.3, -0.25) is 40.5 Å². The number of amides is 2. The van der Waals surface area contributed by atoms with E-state index in [1.807, 2.05) is 10.6 Å². The van der Waals surface area contributed by atoms with Crippen molar-refractivity contribution in [2.24, 2.45) is 0 Å². The maximum atomic E-state index is 12.9. The van der Waals surface area contributed by atoms with Gasteiger partial charge in [0.2, 0.25) is 0 Å². The Bertz CT molecular complexity index is 2310. The zero-order valence-electron chi connectivity index (χ0n) is 28.5. The second kappa shape index (κ2) is 18.0. The molecule has 0 aliphatic rings. The smallest absolute Gasteiger partial charge is 0.416 e. The quantitative estimate of drug-likeness (QED) is 0.0352. The van der Waals surface area contributed by atoms with Crippen molar-refractivity contribution in [1.29, 1.82) is 0 Å². The van der Waals surface area contributed by atoms with Gasteiger partial charge in [0.05, 0.1) is 49.5 Å². The average Bonchev–Trinajstić information content (AvgIpc) is 3.11. The number of hydrogen-bond donors (Lipinski definition) is 6. The zero-order chi connectivity index (χ0) is 45.7. The molecular weight excluding hydrogens is 888 g/mol. The van der Waals surface area contributed by atoms with Gasteiger partial charge in [0, 0.05) is 29.3 Å². The number of nitro benzene ring substituents is 2. The van der Waals surface area contributed by atoms with Crippen LogP contribution in [0.25, 0.3) is 0 Å².